The molecule has 1 aliphatic heterocycles. The summed E-state index contributed by atoms with van der Waals surface area (Å²) >= 11 is 0. The monoisotopic (exact) mass is 496 g/mol. The third kappa shape index (κ3) is 5.89. The number of hydrogen-bond acceptors (Lipinski definition) is 4. The topological polar surface area (TPSA) is 83.6 Å². The molecule has 2 N–H and O–H groups in total. The van der Waals surface area contributed by atoms with Crippen molar-refractivity contribution < 1.29 is 9.59 Å². The summed E-state index contributed by atoms with van der Waals surface area (Å²) in [5, 5.41) is 6.57. The van der Waals surface area contributed by atoms with Crippen molar-refractivity contribution in [2.75, 3.05) is 19.6 Å². The highest BCUT2D eigenvalue weighted by atomic mass is 16.2. The summed E-state index contributed by atoms with van der Waals surface area (Å²) in [6, 6.07) is 15.7. The van der Waals surface area contributed by atoms with Gasteiger partial charge < -0.3 is 24.9 Å². The molecule has 8 nitrogen and oxygen atoms in total. The Morgan fingerprint density at radius 2 is 1.89 bits per heavy atom. The molecule has 0 bridgehead atoms. The van der Waals surface area contributed by atoms with Crippen LogP contribution >= 0.6 is 0 Å². The second kappa shape index (κ2) is 11.0. The molecule has 0 unspecified atom stereocenters. The summed E-state index contributed by atoms with van der Waals surface area (Å²) in [5.41, 5.74) is 4.05. The van der Waals surface area contributed by atoms with E-state index in [1.54, 1.807) is 29.6 Å². The van der Waals surface area contributed by atoms with Crippen LogP contribution in [0.5, 0.6) is 0 Å². The van der Waals surface area contributed by atoms with Crippen LogP contribution in [-0.2, 0) is 4.79 Å². The van der Waals surface area contributed by atoms with Crippen molar-refractivity contribution in [1.82, 2.24) is 25.1 Å². The number of carbonyl (C=O) groups is 2. The zero-order valence-corrected chi connectivity index (χ0v) is 21.0. The van der Waals surface area contributed by atoms with Crippen LogP contribution in [0.1, 0.15) is 46.7 Å². The first-order chi connectivity index (χ1) is 18.0. The number of nitrogens with zero attached hydrogens (tertiary/aromatic N) is 4. The van der Waals surface area contributed by atoms with Gasteiger partial charge in [-0.15, -0.1) is 0 Å². The van der Waals surface area contributed by atoms with Crippen LogP contribution < -0.4 is 10.6 Å². The quantitative estimate of drug-likeness (QED) is 0.333. The molecule has 0 radical (unpaired) electrons. The van der Waals surface area contributed by atoms with Gasteiger partial charge in [0.1, 0.15) is 6.04 Å². The van der Waals surface area contributed by atoms with Crippen molar-refractivity contribution in [2.24, 2.45) is 0 Å². The number of likely N-dealkylation sites (tertiary alicyclic amines) is 1. The molecule has 1 saturated carbocycles. The molecule has 8 heteroatoms. The number of aryl methyl sites for hydroxylation is 1. The SMILES string of the molecule is [C-]#[N+]C1CN(C(=O)[C@H](CCCN[C@@H]2C[C@H]2c2ccc(C)cc2)NC(=O)c2ccc(-n3ccnc3)cc2)C1. The molecule has 2 aliphatic rings. The zero-order chi connectivity index (χ0) is 25.8. The standard InChI is InChI=1S/C29H32N6O2/c1-20-5-7-21(8-6-20)25-16-27(25)32-13-3-4-26(29(37)35-17-23(18-35)30-2)33-28(36)22-9-11-24(12-10-22)34-15-14-31-19-34/h5-12,14-15,19,23,25-27,32H,3-4,13,16-18H2,1H3,(H,33,36)/t25-,26-,27+/m0/s1. The zero-order valence-electron chi connectivity index (χ0n) is 21.0. The summed E-state index contributed by atoms with van der Waals surface area (Å²) in [7, 11) is 0. The molecular formula is C29H32N6O2. The van der Waals surface area contributed by atoms with Crippen LogP contribution in [0, 0.1) is 13.5 Å². The van der Waals surface area contributed by atoms with E-state index in [4.69, 9.17) is 6.57 Å². The molecule has 1 saturated heterocycles. The van der Waals surface area contributed by atoms with Gasteiger partial charge in [0.2, 0.25) is 5.91 Å². The van der Waals surface area contributed by atoms with Crippen LogP contribution in [0.4, 0.5) is 0 Å². The Morgan fingerprint density at radius 1 is 1.14 bits per heavy atom. The fourth-order valence-electron chi connectivity index (χ4n) is 4.83. The summed E-state index contributed by atoms with van der Waals surface area (Å²) in [4.78, 5) is 35.4. The predicted octanol–water partition coefficient (Wildman–Crippen LogP) is 3.34. The highest BCUT2D eigenvalue weighted by Gasteiger charge is 2.39. The van der Waals surface area contributed by atoms with Gasteiger partial charge in [0.15, 0.2) is 0 Å². The largest absolute Gasteiger partial charge is 0.340 e. The van der Waals surface area contributed by atoms with Gasteiger partial charge in [-0.1, -0.05) is 29.8 Å². The normalized spacial score (nSPS) is 19.5. The van der Waals surface area contributed by atoms with Crippen molar-refractivity contribution in [3.05, 3.63) is 95.4 Å². The van der Waals surface area contributed by atoms with Gasteiger partial charge in [0, 0.05) is 35.6 Å². The Morgan fingerprint density at radius 3 is 2.57 bits per heavy atom. The molecule has 2 aromatic carbocycles. The highest BCUT2D eigenvalue weighted by Crippen LogP contribution is 2.40. The molecule has 37 heavy (non-hydrogen) atoms. The molecule has 3 atom stereocenters. The van der Waals surface area contributed by atoms with Gasteiger partial charge in [-0.2, -0.15) is 0 Å². The number of nitrogens with one attached hydrogen (secondary N) is 2. The van der Waals surface area contributed by atoms with Gasteiger partial charge >= 0.3 is 0 Å². The maximum absolute atomic E-state index is 13.1. The molecule has 5 rings (SSSR count). The van der Waals surface area contributed by atoms with Crippen LogP contribution in [0.15, 0.2) is 67.3 Å². The van der Waals surface area contributed by atoms with Crippen LogP contribution in [0.25, 0.3) is 10.5 Å². The van der Waals surface area contributed by atoms with E-state index in [1.165, 1.54) is 11.1 Å². The number of hydrogen-bond donors (Lipinski definition) is 2. The average molecular weight is 497 g/mol. The van der Waals surface area contributed by atoms with Crippen LogP contribution in [-0.4, -0.2) is 64.0 Å². The first-order valence-electron chi connectivity index (χ1n) is 12.9. The minimum Gasteiger partial charge on any atom is -0.340 e. The molecular weight excluding hydrogens is 464 g/mol. The van der Waals surface area contributed by atoms with Gasteiger partial charge in [0.25, 0.3) is 11.9 Å². The Bertz CT molecular complexity index is 1260. The van der Waals surface area contributed by atoms with Gasteiger partial charge in [-0.25, -0.2) is 11.6 Å². The van der Waals surface area contributed by atoms with E-state index in [0.29, 0.717) is 37.0 Å². The number of rotatable bonds is 10. The average Bonchev–Trinajstić information content (AvgIpc) is 3.44. The Kier molecular flexibility index (Phi) is 7.33. The second-order valence-electron chi connectivity index (χ2n) is 10.0. The number of aromatic nitrogens is 2. The maximum atomic E-state index is 13.1. The molecule has 190 valence electrons. The summed E-state index contributed by atoms with van der Waals surface area (Å²) in [5.74, 6) is 0.175. The summed E-state index contributed by atoms with van der Waals surface area (Å²) in [6.45, 7) is 10.9. The Hall–Kier alpha value is -3.96. The highest BCUT2D eigenvalue weighted by molar-refractivity contribution is 5.97. The smallest absolute Gasteiger partial charge is 0.258 e. The minimum absolute atomic E-state index is 0.104. The fraction of sp³-hybridized carbons (Fsp3) is 0.379. The number of amides is 2. The van der Waals surface area contributed by atoms with E-state index in [-0.39, 0.29) is 17.9 Å². The maximum Gasteiger partial charge on any atom is 0.258 e. The van der Waals surface area contributed by atoms with Crippen molar-refractivity contribution in [3.63, 3.8) is 0 Å². The van der Waals surface area contributed by atoms with E-state index in [1.807, 2.05) is 22.9 Å². The fourth-order valence-corrected chi connectivity index (χ4v) is 4.83. The van der Waals surface area contributed by atoms with Crippen molar-refractivity contribution >= 4 is 11.8 Å². The van der Waals surface area contributed by atoms with Crippen molar-refractivity contribution in [3.8, 4) is 5.69 Å². The van der Waals surface area contributed by atoms with E-state index in [2.05, 4.69) is 51.7 Å². The molecule has 3 aromatic rings. The van der Waals surface area contributed by atoms with E-state index in [9.17, 15) is 9.59 Å². The van der Waals surface area contributed by atoms with Crippen LogP contribution in [0.3, 0.4) is 0 Å². The third-order valence-corrected chi connectivity index (χ3v) is 7.26. The van der Waals surface area contributed by atoms with Gasteiger partial charge in [0.05, 0.1) is 19.4 Å². The molecule has 0 spiro atoms. The first kappa shape index (κ1) is 24.7. The lowest BCUT2D eigenvalue weighted by Crippen LogP contribution is -2.58. The molecule has 2 fully saturated rings. The predicted molar refractivity (Wildman–Crippen MR) is 141 cm³/mol. The summed E-state index contributed by atoms with van der Waals surface area (Å²) in [6.07, 6.45) is 7.69. The Labute approximate surface area is 217 Å². The molecule has 2 heterocycles. The van der Waals surface area contributed by atoms with Gasteiger partial charge in [-0.05, 0) is 62.6 Å². The van der Waals surface area contributed by atoms with Crippen LogP contribution in [0.2, 0.25) is 0 Å². The lowest BCUT2D eigenvalue weighted by molar-refractivity contribution is -0.137. The van der Waals surface area contributed by atoms with Crippen molar-refractivity contribution in [2.45, 2.75) is 50.2 Å². The minimum atomic E-state index is -0.610. The first-order valence-corrected chi connectivity index (χ1v) is 12.9. The number of imidazole rings is 1. The number of carbonyl (C=O) groups excluding carboxylic acids is 2. The Balaban J connectivity index is 1.15. The number of benzene rings is 2. The van der Waals surface area contributed by atoms with Gasteiger partial charge in [-0.3, -0.25) is 9.59 Å². The second-order valence-corrected chi connectivity index (χ2v) is 10.0. The third-order valence-electron chi connectivity index (χ3n) is 7.26. The lowest BCUT2D eigenvalue weighted by atomic mass is 10.0. The summed E-state index contributed by atoms with van der Waals surface area (Å²) < 4.78 is 1.86. The van der Waals surface area contributed by atoms with E-state index in [0.717, 1.165) is 25.1 Å². The van der Waals surface area contributed by atoms with E-state index < -0.39 is 6.04 Å². The molecule has 1 aliphatic carbocycles. The molecule has 2 amide bonds. The van der Waals surface area contributed by atoms with E-state index >= 15 is 0 Å². The molecule has 1 aromatic heterocycles. The lowest BCUT2D eigenvalue weighted by Gasteiger charge is -2.34. The van der Waals surface area contributed by atoms with Crippen molar-refractivity contribution in [1.29, 1.82) is 0 Å².